The first-order valence-electron chi connectivity index (χ1n) is 8.54. The van der Waals surface area contributed by atoms with Crippen molar-refractivity contribution in [2.45, 2.75) is 0 Å². The number of benzene rings is 2. The van der Waals surface area contributed by atoms with Gasteiger partial charge in [0.1, 0.15) is 23.9 Å². The lowest BCUT2D eigenvalue weighted by molar-refractivity contribution is 0.0444. The fourth-order valence-corrected chi connectivity index (χ4v) is 4.05. The van der Waals surface area contributed by atoms with Crippen molar-refractivity contribution in [3.8, 4) is 16.5 Å². The topological polar surface area (TPSA) is 74.2 Å². The number of thiazole rings is 1. The number of halogens is 2. The first-order chi connectivity index (χ1) is 14.1. The van der Waals surface area contributed by atoms with E-state index in [1.54, 1.807) is 18.2 Å². The number of fused-ring (bicyclic) bond motifs is 1. The number of aromatic nitrogens is 3. The SMILES string of the molecule is O=C(OCCOc1c(Cl)cccc1Cl)c1nccnc1-c1nc2ccccc2s1. The van der Waals surface area contributed by atoms with Gasteiger partial charge in [0.05, 0.1) is 20.3 Å². The fraction of sp³-hybridized carbons (Fsp3) is 0.100. The summed E-state index contributed by atoms with van der Waals surface area (Å²) in [4.78, 5) is 25.5. The van der Waals surface area contributed by atoms with E-state index in [1.807, 2.05) is 24.3 Å². The van der Waals surface area contributed by atoms with Crippen LogP contribution in [-0.4, -0.2) is 34.1 Å². The van der Waals surface area contributed by atoms with Gasteiger partial charge in [-0.05, 0) is 24.3 Å². The second-order valence-electron chi connectivity index (χ2n) is 5.78. The summed E-state index contributed by atoms with van der Waals surface area (Å²) in [6.45, 7) is 0.0855. The molecule has 0 atom stereocenters. The van der Waals surface area contributed by atoms with E-state index in [0.29, 0.717) is 26.5 Å². The summed E-state index contributed by atoms with van der Waals surface area (Å²) in [5, 5.41) is 1.37. The van der Waals surface area contributed by atoms with Crippen LogP contribution in [0.5, 0.6) is 5.75 Å². The molecule has 0 unspecified atom stereocenters. The molecule has 6 nitrogen and oxygen atoms in total. The van der Waals surface area contributed by atoms with Gasteiger partial charge in [-0.2, -0.15) is 0 Å². The Kier molecular flexibility index (Phi) is 5.89. The van der Waals surface area contributed by atoms with E-state index in [1.165, 1.54) is 23.7 Å². The van der Waals surface area contributed by atoms with Gasteiger partial charge in [-0.1, -0.05) is 41.4 Å². The zero-order valence-electron chi connectivity index (χ0n) is 14.8. The molecule has 4 rings (SSSR count). The number of carbonyl (C=O) groups excluding carboxylic acids is 1. The molecule has 0 fully saturated rings. The molecule has 9 heteroatoms. The zero-order chi connectivity index (χ0) is 20.2. The average molecular weight is 446 g/mol. The third kappa shape index (κ3) is 4.32. The second-order valence-corrected chi connectivity index (χ2v) is 7.62. The minimum absolute atomic E-state index is 0.00373. The van der Waals surface area contributed by atoms with Crippen LogP contribution in [0.15, 0.2) is 54.9 Å². The molecule has 29 heavy (non-hydrogen) atoms. The maximum atomic E-state index is 12.5. The molecular weight excluding hydrogens is 433 g/mol. The van der Waals surface area contributed by atoms with Crippen molar-refractivity contribution in [2.24, 2.45) is 0 Å². The van der Waals surface area contributed by atoms with Crippen molar-refractivity contribution in [3.05, 3.63) is 70.6 Å². The number of para-hydroxylation sites is 2. The van der Waals surface area contributed by atoms with Gasteiger partial charge in [0, 0.05) is 12.4 Å². The number of rotatable bonds is 6. The monoisotopic (exact) mass is 445 g/mol. The summed E-state index contributed by atoms with van der Waals surface area (Å²) in [7, 11) is 0. The quantitative estimate of drug-likeness (QED) is 0.296. The molecule has 0 saturated carbocycles. The van der Waals surface area contributed by atoms with Crippen LogP contribution in [0.3, 0.4) is 0 Å². The van der Waals surface area contributed by atoms with E-state index < -0.39 is 5.97 Å². The predicted octanol–water partition coefficient (Wildman–Crippen LogP) is 5.30. The molecular formula is C20H13Cl2N3O3S. The molecule has 2 aromatic heterocycles. The first-order valence-corrected chi connectivity index (χ1v) is 10.1. The number of hydrogen-bond donors (Lipinski definition) is 0. The lowest BCUT2D eigenvalue weighted by atomic mass is 10.3. The highest BCUT2D eigenvalue weighted by Crippen LogP contribution is 2.32. The Morgan fingerprint density at radius 3 is 2.52 bits per heavy atom. The molecule has 0 aliphatic rings. The third-order valence-electron chi connectivity index (χ3n) is 3.87. The number of nitrogens with zero attached hydrogens (tertiary/aromatic N) is 3. The molecule has 4 aromatic rings. The van der Waals surface area contributed by atoms with Gasteiger partial charge in [0.15, 0.2) is 11.4 Å². The molecule has 2 heterocycles. The fourth-order valence-electron chi connectivity index (χ4n) is 2.58. The van der Waals surface area contributed by atoms with Gasteiger partial charge in [0.2, 0.25) is 0 Å². The Labute approximate surface area is 180 Å². The van der Waals surface area contributed by atoms with Crippen molar-refractivity contribution < 1.29 is 14.3 Å². The second kappa shape index (κ2) is 8.73. The number of hydrogen-bond acceptors (Lipinski definition) is 7. The smallest absolute Gasteiger partial charge is 0.359 e. The van der Waals surface area contributed by atoms with E-state index in [0.717, 1.165) is 10.2 Å². The lowest BCUT2D eigenvalue weighted by Crippen LogP contribution is -2.15. The minimum Gasteiger partial charge on any atom is -0.487 e. The predicted molar refractivity (Wildman–Crippen MR) is 113 cm³/mol. The minimum atomic E-state index is -0.610. The summed E-state index contributed by atoms with van der Waals surface area (Å²) in [5.41, 5.74) is 1.32. The van der Waals surface area contributed by atoms with Crippen LogP contribution >= 0.6 is 34.5 Å². The number of esters is 1. The molecule has 146 valence electrons. The maximum Gasteiger partial charge on any atom is 0.359 e. The lowest BCUT2D eigenvalue weighted by Gasteiger charge is -2.10. The zero-order valence-corrected chi connectivity index (χ0v) is 17.2. The molecule has 0 saturated heterocycles. The Morgan fingerprint density at radius 2 is 1.72 bits per heavy atom. The molecule has 0 aliphatic heterocycles. The van der Waals surface area contributed by atoms with Crippen molar-refractivity contribution in [3.63, 3.8) is 0 Å². The molecule has 0 amide bonds. The van der Waals surface area contributed by atoms with Gasteiger partial charge in [-0.3, -0.25) is 0 Å². The van der Waals surface area contributed by atoms with Gasteiger partial charge >= 0.3 is 5.97 Å². The molecule has 0 spiro atoms. The van der Waals surface area contributed by atoms with Gasteiger partial charge in [0.25, 0.3) is 0 Å². The summed E-state index contributed by atoms with van der Waals surface area (Å²) in [6, 6.07) is 12.7. The van der Waals surface area contributed by atoms with Gasteiger partial charge in [-0.25, -0.2) is 19.7 Å². The summed E-state index contributed by atoms with van der Waals surface area (Å²) >= 11 is 13.5. The highest BCUT2D eigenvalue weighted by Gasteiger charge is 2.20. The summed E-state index contributed by atoms with van der Waals surface area (Å²) < 4.78 is 11.8. The summed E-state index contributed by atoms with van der Waals surface area (Å²) in [6.07, 6.45) is 2.95. The molecule has 2 aromatic carbocycles. The van der Waals surface area contributed by atoms with Crippen LogP contribution in [-0.2, 0) is 4.74 Å². The maximum absolute atomic E-state index is 12.5. The van der Waals surface area contributed by atoms with Crippen LogP contribution < -0.4 is 4.74 Å². The van der Waals surface area contributed by atoms with Crippen molar-refractivity contribution >= 4 is 50.7 Å². The van der Waals surface area contributed by atoms with Gasteiger partial charge in [-0.15, -0.1) is 11.3 Å². The Morgan fingerprint density at radius 1 is 0.966 bits per heavy atom. The van der Waals surface area contributed by atoms with E-state index in [-0.39, 0.29) is 18.9 Å². The van der Waals surface area contributed by atoms with E-state index in [9.17, 15) is 4.79 Å². The highest BCUT2D eigenvalue weighted by atomic mass is 35.5. The number of ether oxygens (including phenoxy) is 2. The van der Waals surface area contributed by atoms with E-state index in [2.05, 4.69) is 15.0 Å². The van der Waals surface area contributed by atoms with Crippen LogP contribution in [0.2, 0.25) is 10.0 Å². The Hall–Kier alpha value is -2.74. The van der Waals surface area contributed by atoms with Crippen LogP contribution in [0.4, 0.5) is 0 Å². The van der Waals surface area contributed by atoms with Crippen molar-refractivity contribution in [2.75, 3.05) is 13.2 Å². The molecule has 0 bridgehead atoms. The Balaban J connectivity index is 1.45. The standard InChI is InChI=1S/C20H13Cl2N3O3S/c21-12-4-3-5-13(22)18(12)27-10-11-28-20(26)17-16(23-8-9-24-17)19-25-14-6-1-2-7-15(14)29-19/h1-9H,10-11H2. The van der Waals surface area contributed by atoms with E-state index >= 15 is 0 Å². The van der Waals surface area contributed by atoms with Crippen LogP contribution in [0.1, 0.15) is 10.5 Å². The molecule has 0 N–H and O–H groups in total. The summed E-state index contributed by atoms with van der Waals surface area (Å²) in [5.74, 6) is -0.261. The van der Waals surface area contributed by atoms with Gasteiger partial charge < -0.3 is 9.47 Å². The molecule has 0 aliphatic carbocycles. The average Bonchev–Trinajstić information content (AvgIpc) is 3.17. The number of carbonyl (C=O) groups is 1. The van der Waals surface area contributed by atoms with Crippen molar-refractivity contribution in [1.82, 2.24) is 15.0 Å². The first kappa shape index (κ1) is 19.6. The third-order valence-corrected chi connectivity index (χ3v) is 5.51. The Bertz CT molecular complexity index is 1130. The van der Waals surface area contributed by atoms with Crippen LogP contribution in [0, 0.1) is 0 Å². The van der Waals surface area contributed by atoms with Crippen LogP contribution in [0.25, 0.3) is 20.9 Å². The normalized spacial score (nSPS) is 10.8. The van der Waals surface area contributed by atoms with Crippen molar-refractivity contribution in [1.29, 1.82) is 0 Å². The molecule has 0 radical (unpaired) electrons. The van der Waals surface area contributed by atoms with E-state index in [4.69, 9.17) is 32.7 Å². The highest BCUT2D eigenvalue weighted by molar-refractivity contribution is 7.21. The largest absolute Gasteiger partial charge is 0.487 e.